The Morgan fingerprint density at radius 3 is 2.33 bits per heavy atom. The van der Waals surface area contributed by atoms with Crippen molar-refractivity contribution in [2.24, 2.45) is 0 Å². The number of aliphatic hydroxyl groups is 2. The molecule has 0 fully saturated rings. The molecule has 5 rings (SSSR count). The summed E-state index contributed by atoms with van der Waals surface area (Å²) in [6.07, 6.45) is -5.38. The summed E-state index contributed by atoms with van der Waals surface area (Å²) in [5.41, 5.74) is 1.73. The number of halogens is 3. The van der Waals surface area contributed by atoms with Gasteiger partial charge in [-0.2, -0.15) is 13.2 Å². The van der Waals surface area contributed by atoms with Crippen LogP contribution in [-0.2, 0) is 17.4 Å². The van der Waals surface area contributed by atoms with Gasteiger partial charge in [-0.3, -0.25) is 4.79 Å². The molecule has 1 aliphatic carbocycles. The van der Waals surface area contributed by atoms with Gasteiger partial charge in [0.25, 0.3) is 0 Å². The second kappa shape index (κ2) is 11.4. The number of aliphatic hydroxyl groups excluding tert-OH is 1. The summed E-state index contributed by atoms with van der Waals surface area (Å²) in [6.45, 7) is 6.47. The van der Waals surface area contributed by atoms with Gasteiger partial charge in [0.1, 0.15) is 36.1 Å². The molecule has 0 amide bonds. The first-order valence-electron chi connectivity index (χ1n) is 14.2. The van der Waals surface area contributed by atoms with E-state index in [9.17, 15) is 28.2 Å². The Balaban J connectivity index is 1.47. The zero-order valence-corrected chi connectivity index (χ0v) is 24.4. The highest BCUT2D eigenvalue weighted by molar-refractivity contribution is 5.80. The molecule has 1 heterocycles. The van der Waals surface area contributed by atoms with Gasteiger partial charge in [-0.25, -0.2) is 0 Å². The van der Waals surface area contributed by atoms with Crippen LogP contribution in [0.1, 0.15) is 72.1 Å². The molecule has 2 aliphatic rings. The lowest BCUT2D eigenvalue weighted by atomic mass is 9.86. The van der Waals surface area contributed by atoms with Gasteiger partial charge in [0, 0.05) is 17.5 Å². The predicted molar refractivity (Wildman–Crippen MR) is 153 cm³/mol. The zero-order chi connectivity index (χ0) is 31.3. The Hall–Kier alpha value is -3.76. The Labute approximate surface area is 247 Å². The van der Waals surface area contributed by atoms with Crippen LogP contribution in [0.3, 0.4) is 0 Å². The number of aliphatic carboxylic acids is 1. The lowest BCUT2D eigenvalue weighted by molar-refractivity contribution is -0.138. The molecule has 7 nitrogen and oxygen atoms in total. The highest BCUT2D eigenvalue weighted by Gasteiger charge is 2.39. The van der Waals surface area contributed by atoms with Crippen molar-refractivity contribution in [3.05, 3.63) is 75.8 Å². The summed E-state index contributed by atoms with van der Waals surface area (Å²) >= 11 is 0. The molecule has 3 atom stereocenters. The molecule has 43 heavy (non-hydrogen) atoms. The number of carboxylic acid groups (broad SMARTS) is 1. The largest absolute Gasteiger partial charge is 0.492 e. The van der Waals surface area contributed by atoms with Crippen LogP contribution in [0.15, 0.2) is 42.5 Å². The number of rotatable bonds is 9. The molecule has 0 saturated heterocycles. The van der Waals surface area contributed by atoms with E-state index in [4.69, 9.17) is 19.3 Å². The van der Waals surface area contributed by atoms with Gasteiger partial charge < -0.3 is 29.5 Å². The van der Waals surface area contributed by atoms with Gasteiger partial charge >= 0.3 is 12.1 Å². The number of hydrogen-bond acceptors (Lipinski definition) is 6. The normalized spacial score (nSPS) is 18.5. The SMILES string of the molecule is Cc1cc(OC[C@H](O)C(C)(C)O)cc(C)c1-c1c(C(F)(F)F)ccc2c1CC[C@H]2Oc1ccc2c(c1)OC[C@H]2CC(=O)O. The van der Waals surface area contributed by atoms with Gasteiger partial charge in [-0.05, 0) is 98.2 Å². The quantitative estimate of drug-likeness (QED) is 0.257. The van der Waals surface area contributed by atoms with E-state index in [1.54, 1.807) is 44.2 Å². The van der Waals surface area contributed by atoms with Crippen molar-refractivity contribution in [3.63, 3.8) is 0 Å². The summed E-state index contributed by atoms with van der Waals surface area (Å²) < 4.78 is 60.8. The molecule has 3 aromatic rings. The van der Waals surface area contributed by atoms with Crippen LogP contribution in [0.2, 0.25) is 0 Å². The molecule has 10 heteroatoms. The van der Waals surface area contributed by atoms with Crippen molar-refractivity contribution in [2.45, 2.75) is 76.9 Å². The van der Waals surface area contributed by atoms with Crippen LogP contribution in [0.4, 0.5) is 13.2 Å². The number of fused-ring (bicyclic) bond motifs is 2. The van der Waals surface area contributed by atoms with Crippen LogP contribution in [0.25, 0.3) is 11.1 Å². The molecule has 1 aliphatic heterocycles. The standard InChI is InChI=1S/C33H35F3O7/c1-17-11-21(41-16-28(37)32(3,4)40)12-18(2)30(17)31-24-8-10-26(23(24)7-9-25(31)33(34,35)36)43-20-5-6-22-19(13-29(38)39)15-42-27(22)14-20/h5-7,9,11-12,14,19,26,28,37,40H,8,10,13,15-16H2,1-4H3,(H,38,39)/t19-,26-,28+/m1/s1. The zero-order valence-electron chi connectivity index (χ0n) is 24.4. The highest BCUT2D eigenvalue weighted by Crippen LogP contribution is 2.48. The monoisotopic (exact) mass is 600 g/mol. The lowest BCUT2D eigenvalue weighted by Crippen LogP contribution is -2.40. The fourth-order valence-corrected chi connectivity index (χ4v) is 5.96. The molecule has 3 N–H and O–H groups in total. The number of hydrogen-bond donors (Lipinski definition) is 3. The Kier molecular flexibility index (Phi) is 8.13. The average molecular weight is 601 g/mol. The Morgan fingerprint density at radius 1 is 1.02 bits per heavy atom. The van der Waals surface area contributed by atoms with E-state index >= 15 is 0 Å². The molecule has 3 aromatic carbocycles. The van der Waals surface area contributed by atoms with Gasteiger partial charge in [0.2, 0.25) is 0 Å². The number of aryl methyl sites for hydroxylation is 2. The number of carboxylic acids is 1. The van der Waals surface area contributed by atoms with Gasteiger partial charge in [-0.1, -0.05) is 12.1 Å². The Morgan fingerprint density at radius 2 is 1.70 bits per heavy atom. The lowest BCUT2D eigenvalue weighted by Gasteiger charge is -2.25. The summed E-state index contributed by atoms with van der Waals surface area (Å²) in [5, 5.41) is 29.3. The third-order valence-electron chi connectivity index (χ3n) is 8.20. The molecule has 0 bridgehead atoms. The molecule has 0 spiro atoms. The number of benzene rings is 3. The van der Waals surface area contributed by atoms with Crippen LogP contribution in [0.5, 0.6) is 17.2 Å². The van der Waals surface area contributed by atoms with Crippen LogP contribution in [0, 0.1) is 13.8 Å². The molecule has 0 aromatic heterocycles. The first-order chi connectivity index (χ1) is 20.1. The van der Waals surface area contributed by atoms with E-state index in [-0.39, 0.29) is 31.1 Å². The summed E-state index contributed by atoms with van der Waals surface area (Å²) in [6, 6.07) is 11.1. The summed E-state index contributed by atoms with van der Waals surface area (Å²) in [5.74, 6) is 0.283. The minimum Gasteiger partial charge on any atom is -0.492 e. The van der Waals surface area contributed by atoms with Crippen molar-refractivity contribution in [2.75, 3.05) is 13.2 Å². The first kappa shape index (κ1) is 30.7. The fourth-order valence-electron chi connectivity index (χ4n) is 5.96. The van der Waals surface area contributed by atoms with Gasteiger partial charge in [0.05, 0.1) is 24.2 Å². The number of ether oxygens (including phenoxy) is 3. The molecular weight excluding hydrogens is 565 g/mol. The maximum absolute atomic E-state index is 14.4. The van der Waals surface area contributed by atoms with Crippen molar-refractivity contribution in [1.82, 2.24) is 0 Å². The maximum Gasteiger partial charge on any atom is 0.417 e. The van der Waals surface area contributed by atoms with Crippen molar-refractivity contribution in [1.29, 1.82) is 0 Å². The maximum atomic E-state index is 14.4. The smallest absolute Gasteiger partial charge is 0.417 e. The minimum atomic E-state index is -4.59. The van der Waals surface area contributed by atoms with E-state index in [1.165, 1.54) is 19.9 Å². The van der Waals surface area contributed by atoms with E-state index in [1.807, 2.05) is 0 Å². The molecule has 230 valence electrons. The molecular formula is C33H35F3O7. The van der Waals surface area contributed by atoms with E-state index in [2.05, 4.69) is 0 Å². The van der Waals surface area contributed by atoms with Gasteiger partial charge in [-0.15, -0.1) is 0 Å². The van der Waals surface area contributed by atoms with Crippen molar-refractivity contribution in [3.8, 4) is 28.4 Å². The van der Waals surface area contributed by atoms with Crippen LogP contribution < -0.4 is 14.2 Å². The van der Waals surface area contributed by atoms with E-state index in [0.29, 0.717) is 57.9 Å². The third kappa shape index (κ3) is 6.31. The van der Waals surface area contributed by atoms with Crippen molar-refractivity contribution >= 4 is 5.97 Å². The first-order valence-corrected chi connectivity index (χ1v) is 14.2. The highest BCUT2D eigenvalue weighted by atomic mass is 19.4. The summed E-state index contributed by atoms with van der Waals surface area (Å²) in [7, 11) is 0. The minimum absolute atomic E-state index is 0.0394. The molecule has 0 radical (unpaired) electrons. The third-order valence-corrected chi connectivity index (χ3v) is 8.20. The number of carbonyl (C=O) groups is 1. The van der Waals surface area contributed by atoms with E-state index in [0.717, 1.165) is 11.6 Å². The van der Waals surface area contributed by atoms with Crippen LogP contribution in [-0.4, -0.2) is 46.2 Å². The second-order valence-electron chi connectivity index (χ2n) is 11.9. The summed E-state index contributed by atoms with van der Waals surface area (Å²) in [4.78, 5) is 11.2. The number of alkyl halides is 3. The topological polar surface area (TPSA) is 105 Å². The van der Waals surface area contributed by atoms with E-state index < -0.39 is 35.5 Å². The predicted octanol–water partition coefficient (Wildman–Crippen LogP) is 6.52. The average Bonchev–Trinajstić information content (AvgIpc) is 3.49. The van der Waals surface area contributed by atoms with Crippen LogP contribution >= 0.6 is 0 Å². The molecule has 0 unspecified atom stereocenters. The molecule has 0 saturated carbocycles. The van der Waals surface area contributed by atoms with Crippen molar-refractivity contribution < 1.29 is 47.5 Å². The van der Waals surface area contributed by atoms with Gasteiger partial charge in [0.15, 0.2) is 0 Å². The fraction of sp³-hybridized carbons (Fsp3) is 0.424. The second-order valence-corrected chi connectivity index (χ2v) is 11.9. The Bertz CT molecular complexity index is 1520.